The third kappa shape index (κ3) is 8.06. The van der Waals surface area contributed by atoms with Gasteiger partial charge in [-0.05, 0) is 50.6 Å². The van der Waals surface area contributed by atoms with E-state index in [9.17, 15) is 19.2 Å². The number of amides is 4. The van der Waals surface area contributed by atoms with Gasteiger partial charge in [-0.25, -0.2) is 4.79 Å². The molecule has 36 heavy (non-hydrogen) atoms. The number of benzene rings is 2. The summed E-state index contributed by atoms with van der Waals surface area (Å²) in [6.45, 7) is 4.92. The number of nitrogens with two attached hydrogens (primary N) is 1. The Morgan fingerprint density at radius 2 is 1.67 bits per heavy atom. The molecule has 2 aromatic rings. The summed E-state index contributed by atoms with van der Waals surface area (Å²) in [5, 5.41) is 5.06. The molecule has 2 rings (SSSR count). The van der Waals surface area contributed by atoms with E-state index < -0.39 is 47.9 Å². The van der Waals surface area contributed by atoms with Crippen molar-refractivity contribution in [3.8, 4) is 18.2 Å². The predicted molar refractivity (Wildman–Crippen MR) is 133 cm³/mol. The summed E-state index contributed by atoms with van der Waals surface area (Å²) in [4.78, 5) is 51.7. The second-order valence-electron chi connectivity index (χ2n) is 8.74. The number of ether oxygens (including phenoxy) is 2. The Morgan fingerprint density at radius 3 is 2.17 bits per heavy atom. The van der Waals surface area contributed by atoms with Crippen LogP contribution in [0.1, 0.15) is 38.8 Å². The number of terminal acetylenes is 1. The highest BCUT2D eigenvalue weighted by Gasteiger charge is 2.36. The number of alkyl carbamates (subject to hydrolysis) is 1. The zero-order valence-electron chi connectivity index (χ0n) is 20.6. The molecule has 10 nitrogen and oxygen atoms in total. The van der Waals surface area contributed by atoms with Gasteiger partial charge in [-0.1, -0.05) is 36.8 Å². The molecule has 0 aliphatic rings. The molecule has 0 aliphatic carbocycles. The molecule has 0 bridgehead atoms. The number of carbonyl (C=O) groups excluding carboxylic acids is 4. The zero-order chi connectivity index (χ0) is 26.9. The van der Waals surface area contributed by atoms with Crippen molar-refractivity contribution in [3.63, 3.8) is 0 Å². The Morgan fingerprint density at radius 1 is 1.06 bits per heavy atom. The lowest BCUT2D eigenvalue weighted by Crippen LogP contribution is -2.52. The molecule has 0 saturated heterocycles. The predicted octanol–water partition coefficient (Wildman–Crippen LogP) is 2.56. The molecule has 0 aliphatic heterocycles. The van der Waals surface area contributed by atoms with E-state index in [0.717, 1.165) is 4.90 Å². The van der Waals surface area contributed by atoms with Crippen LogP contribution in [0.3, 0.4) is 0 Å². The van der Waals surface area contributed by atoms with Crippen molar-refractivity contribution < 1.29 is 28.7 Å². The van der Waals surface area contributed by atoms with E-state index in [-0.39, 0.29) is 0 Å². The molecule has 0 saturated carbocycles. The highest BCUT2D eigenvalue weighted by Crippen LogP contribution is 2.25. The quantitative estimate of drug-likeness (QED) is 0.362. The molecule has 190 valence electrons. The standard InChI is InChI=1S/C26H30N4O6/c1-6-30(24(33)20(16-21(27)31)29-25(34)36-26(2,3)4)22(17-10-8-7-9-11-17)23(32)28-18-12-14-19(35-5)15-13-18/h1,7-15,20,22H,16H2,2-5H3,(H2,27,31)(H,28,32)(H,29,34). The molecule has 0 fully saturated rings. The van der Waals surface area contributed by atoms with E-state index in [1.165, 1.54) is 7.11 Å². The Hall–Kier alpha value is -4.52. The summed E-state index contributed by atoms with van der Waals surface area (Å²) in [5.41, 5.74) is 5.29. The number of nitrogens with one attached hydrogen (secondary N) is 2. The molecule has 10 heteroatoms. The van der Waals surface area contributed by atoms with Gasteiger partial charge in [0.25, 0.3) is 11.8 Å². The minimum atomic E-state index is -1.46. The van der Waals surface area contributed by atoms with Crippen LogP contribution in [0, 0.1) is 12.5 Å². The average Bonchev–Trinajstić information content (AvgIpc) is 2.81. The van der Waals surface area contributed by atoms with E-state index in [0.29, 0.717) is 17.0 Å². The van der Waals surface area contributed by atoms with Crippen LogP contribution in [0.2, 0.25) is 0 Å². The van der Waals surface area contributed by atoms with Gasteiger partial charge in [-0.3, -0.25) is 19.3 Å². The normalized spacial score (nSPS) is 12.3. The number of hydrogen-bond donors (Lipinski definition) is 3. The number of anilines is 1. The van der Waals surface area contributed by atoms with Crippen LogP contribution < -0.4 is 21.1 Å². The summed E-state index contributed by atoms with van der Waals surface area (Å²) < 4.78 is 10.3. The van der Waals surface area contributed by atoms with Gasteiger partial charge in [-0.2, -0.15) is 0 Å². The maximum absolute atomic E-state index is 13.5. The number of carbonyl (C=O) groups is 4. The van der Waals surface area contributed by atoms with Crippen LogP contribution in [0.5, 0.6) is 5.75 Å². The largest absolute Gasteiger partial charge is 0.497 e. The molecule has 2 unspecified atom stereocenters. The van der Waals surface area contributed by atoms with Crippen molar-refractivity contribution in [2.24, 2.45) is 5.73 Å². The van der Waals surface area contributed by atoms with Crippen LogP contribution in [-0.4, -0.2) is 47.5 Å². The Labute approximate surface area is 210 Å². The number of rotatable bonds is 9. The van der Waals surface area contributed by atoms with E-state index in [4.69, 9.17) is 21.6 Å². The smallest absolute Gasteiger partial charge is 0.408 e. The van der Waals surface area contributed by atoms with E-state index in [2.05, 4.69) is 16.7 Å². The topological polar surface area (TPSA) is 140 Å². The van der Waals surface area contributed by atoms with E-state index >= 15 is 0 Å². The lowest BCUT2D eigenvalue weighted by atomic mass is 10.0. The highest BCUT2D eigenvalue weighted by atomic mass is 16.6. The van der Waals surface area contributed by atoms with Gasteiger partial charge in [0, 0.05) is 11.7 Å². The van der Waals surface area contributed by atoms with E-state index in [1.54, 1.807) is 75.4 Å². The van der Waals surface area contributed by atoms with Crippen LogP contribution >= 0.6 is 0 Å². The minimum absolute atomic E-state index is 0.407. The first-order chi connectivity index (χ1) is 16.9. The molecule has 2 atom stereocenters. The van der Waals surface area contributed by atoms with Gasteiger partial charge >= 0.3 is 6.09 Å². The molecular formula is C26H30N4O6. The monoisotopic (exact) mass is 494 g/mol. The van der Waals surface area contributed by atoms with Crippen molar-refractivity contribution in [1.29, 1.82) is 0 Å². The van der Waals surface area contributed by atoms with Gasteiger partial charge in [0.15, 0.2) is 0 Å². The Bertz CT molecular complexity index is 1120. The third-order valence-electron chi connectivity index (χ3n) is 4.75. The molecule has 0 heterocycles. The van der Waals surface area contributed by atoms with Crippen LogP contribution in [0.4, 0.5) is 10.5 Å². The van der Waals surface area contributed by atoms with Gasteiger partial charge in [0.1, 0.15) is 23.4 Å². The molecule has 0 aromatic heterocycles. The van der Waals surface area contributed by atoms with Crippen molar-refractivity contribution in [2.45, 2.75) is 44.9 Å². The second-order valence-corrected chi connectivity index (χ2v) is 8.74. The van der Waals surface area contributed by atoms with Gasteiger partial charge in [0.2, 0.25) is 5.91 Å². The number of methoxy groups -OCH3 is 1. The van der Waals surface area contributed by atoms with Crippen molar-refractivity contribution >= 4 is 29.5 Å². The molecule has 4 N–H and O–H groups in total. The van der Waals surface area contributed by atoms with Gasteiger partial charge < -0.3 is 25.8 Å². The van der Waals surface area contributed by atoms with Crippen LogP contribution in [0.25, 0.3) is 0 Å². The second kappa shape index (κ2) is 12.3. The fraction of sp³-hybridized carbons (Fsp3) is 0.308. The van der Waals surface area contributed by atoms with Crippen LogP contribution in [0.15, 0.2) is 54.6 Å². The first kappa shape index (κ1) is 27.7. The number of primary amides is 1. The fourth-order valence-corrected chi connectivity index (χ4v) is 3.22. The minimum Gasteiger partial charge on any atom is -0.497 e. The fourth-order valence-electron chi connectivity index (χ4n) is 3.22. The summed E-state index contributed by atoms with van der Waals surface area (Å²) in [5.74, 6) is -1.77. The number of nitrogens with zero attached hydrogens (tertiary/aromatic N) is 1. The molecule has 2 aromatic carbocycles. The van der Waals surface area contributed by atoms with Gasteiger partial charge in [0.05, 0.1) is 13.5 Å². The maximum atomic E-state index is 13.5. The molecular weight excluding hydrogens is 464 g/mol. The lowest BCUT2D eigenvalue weighted by Gasteiger charge is -2.30. The summed E-state index contributed by atoms with van der Waals surface area (Å²) in [6, 6.07) is 14.4. The molecule has 4 amide bonds. The van der Waals surface area contributed by atoms with Crippen molar-refractivity contribution in [3.05, 3.63) is 60.2 Å². The maximum Gasteiger partial charge on any atom is 0.408 e. The first-order valence-electron chi connectivity index (χ1n) is 11.0. The van der Waals surface area contributed by atoms with Crippen molar-refractivity contribution in [2.75, 3.05) is 12.4 Å². The lowest BCUT2D eigenvalue weighted by molar-refractivity contribution is -0.138. The SMILES string of the molecule is C#CN(C(=O)C(CC(N)=O)NC(=O)OC(C)(C)C)C(C(=O)Nc1ccc(OC)cc1)c1ccccc1. The number of hydrogen-bond acceptors (Lipinski definition) is 6. The van der Waals surface area contributed by atoms with E-state index in [1.807, 2.05) is 0 Å². The van der Waals surface area contributed by atoms with Crippen LogP contribution in [-0.2, 0) is 19.1 Å². The van der Waals surface area contributed by atoms with Crippen molar-refractivity contribution in [1.82, 2.24) is 10.2 Å². The Kier molecular flexibility index (Phi) is 9.44. The third-order valence-corrected chi connectivity index (χ3v) is 4.75. The highest BCUT2D eigenvalue weighted by molar-refractivity contribution is 6.00. The molecule has 0 spiro atoms. The summed E-state index contributed by atoms with van der Waals surface area (Å²) >= 11 is 0. The summed E-state index contributed by atoms with van der Waals surface area (Å²) in [6.07, 6.45) is 4.18. The first-order valence-corrected chi connectivity index (χ1v) is 11.0. The van der Waals surface area contributed by atoms with Gasteiger partial charge in [-0.15, -0.1) is 0 Å². The molecule has 0 radical (unpaired) electrons. The zero-order valence-corrected chi connectivity index (χ0v) is 20.6. The summed E-state index contributed by atoms with van der Waals surface area (Å²) in [7, 11) is 1.52. The Balaban J connectivity index is 2.40. The average molecular weight is 495 g/mol.